The van der Waals surface area contributed by atoms with Gasteiger partial charge in [-0.15, -0.1) is 0 Å². The summed E-state index contributed by atoms with van der Waals surface area (Å²) in [5, 5.41) is 0. The van der Waals surface area contributed by atoms with Gasteiger partial charge in [-0.25, -0.2) is 0 Å². The van der Waals surface area contributed by atoms with E-state index in [4.69, 9.17) is 0 Å². The molecule has 1 aromatic rings. The van der Waals surface area contributed by atoms with Crippen LogP contribution in [0.1, 0.15) is 13.8 Å². The summed E-state index contributed by atoms with van der Waals surface area (Å²) in [6, 6.07) is 8.05. The predicted molar refractivity (Wildman–Crippen MR) is 61.3 cm³/mol. The van der Waals surface area contributed by atoms with Crippen LogP contribution in [0.5, 0.6) is 0 Å². The second-order valence-electron chi connectivity index (χ2n) is 3.38. The molecule has 0 amide bonds. The Morgan fingerprint density at radius 1 is 1.00 bits per heavy atom. The van der Waals surface area contributed by atoms with Gasteiger partial charge in [0.2, 0.25) is 0 Å². The number of hydrogen-bond donors (Lipinski definition) is 0. The van der Waals surface area contributed by atoms with Gasteiger partial charge in [-0.2, -0.15) is 0 Å². The van der Waals surface area contributed by atoms with Crippen LogP contribution in [0.25, 0.3) is 0 Å². The van der Waals surface area contributed by atoms with Crippen LogP contribution in [0.3, 0.4) is 0 Å². The second kappa shape index (κ2) is 3.88. The van der Waals surface area contributed by atoms with Crippen molar-refractivity contribution in [2.45, 2.75) is 17.1 Å². The van der Waals surface area contributed by atoms with Gasteiger partial charge in [-0.05, 0) is 0 Å². The zero-order valence-corrected chi connectivity index (χ0v) is 11.9. The maximum absolute atomic E-state index is 11.7. The Balaban J connectivity index is 2.45. The molecular formula is C11H10O2Se2. The van der Waals surface area contributed by atoms with E-state index in [-0.39, 0.29) is 41.5 Å². The molecule has 0 N–H and O–H groups in total. The van der Waals surface area contributed by atoms with Crippen molar-refractivity contribution in [3.8, 4) is 0 Å². The fraction of sp³-hybridized carbons (Fsp3) is 0.273. The van der Waals surface area contributed by atoms with E-state index in [0.717, 1.165) is 0 Å². The summed E-state index contributed by atoms with van der Waals surface area (Å²) in [6.45, 7) is 3.10. The van der Waals surface area contributed by atoms with Crippen molar-refractivity contribution in [1.29, 1.82) is 0 Å². The first kappa shape index (κ1) is 11.1. The van der Waals surface area contributed by atoms with E-state index in [1.807, 2.05) is 24.3 Å². The first-order chi connectivity index (χ1) is 7.06. The Labute approximate surface area is 101 Å². The number of carbonyl (C=O) groups excluding carboxylic acids is 2. The van der Waals surface area contributed by atoms with E-state index in [2.05, 4.69) is 0 Å². The Morgan fingerprint density at radius 2 is 1.40 bits per heavy atom. The van der Waals surface area contributed by atoms with Gasteiger partial charge in [-0.1, -0.05) is 0 Å². The van der Waals surface area contributed by atoms with Gasteiger partial charge in [0.15, 0.2) is 0 Å². The molecule has 1 aliphatic rings. The molecule has 0 saturated carbocycles. The number of Topliss-reactive ketones (excluding diaryl/α,β-unsaturated/α-hetero) is 2. The van der Waals surface area contributed by atoms with Crippen molar-refractivity contribution >= 4 is 50.4 Å². The summed E-state index contributed by atoms with van der Waals surface area (Å²) < 4.78 is 1.81. The monoisotopic (exact) mass is 334 g/mol. The zero-order valence-electron chi connectivity index (χ0n) is 8.44. The van der Waals surface area contributed by atoms with E-state index in [1.54, 1.807) is 13.8 Å². The van der Waals surface area contributed by atoms with Gasteiger partial charge >= 0.3 is 101 Å². The van der Waals surface area contributed by atoms with Crippen molar-refractivity contribution in [3.63, 3.8) is 0 Å². The Bertz CT molecular complexity index is 399. The summed E-state index contributed by atoms with van der Waals surface area (Å²) in [7, 11) is 0. The number of fused-ring (bicyclic) bond motifs is 1. The fourth-order valence-electron chi connectivity index (χ4n) is 1.48. The van der Waals surface area contributed by atoms with Crippen LogP contribution in [0.2, 0.25) is 3.21 Å². The van der Waals surface area contributed by atoms with Crippen LogP contribution in [-0.2, 0) is 9.59 Å². The van der Waals surface area contributed by atoms with Crippen molar-refractivity contribution in [2.24, 2.45) is 0 Å². The molecule has 0 unspecified atom stereocenters. The molecule has 0 saturated heterocycles. The van der Waals surface area contributed by atoms with E-state index < -0.39 is 3.21 Å². The number of hydrogen-bond acceptors (Lipinski definition) is 2. The minimum absolute atomic E-state index is 0.0126. The van der Waals surface area contributed by atoms with Crippen molar-refractivity contribution in [2.75, 3.05) is 0 Å². The molecule has 4 heteroatoms. The number of ketones is 2. The normalized spacial score (nSPS) is 17.2. The second-order valence-corrected chi connectivity index (χ2v) is 9.96. The third kappa shape index (κ3) is 1.72. The average Bonchev–Trinajstić information content (AvgIpc) is 2.57. The SMILES string of the molecule is CC(=O)C1(C(C)=O)[Se]c2ccccc2[Se]1. The summed E-state index contributed by atoms with van der Waals surface area (Å²) in [6.07, 6.45) is 0. The number of carbonyl (C=O) groups is 2. The van der Waals surface area contributed by atoms with Crippen LogP contribution in [0.15, 0.2) is 24.3 Å². The molecule has 2 rings (SSSR count). The van der Waals surface area contributed by atoms with Crippen molar-refractivity contribution < 1.29 is 9.59 Å². The summed E-state index contributed by atoms with van der Waals surface area (Å²) in [5.41, 5.74) is 0. The van der Waals surface area contributed by atoms with Crippen LogP contribution >= 0.6 is 0 Å². The van der Waals surface area contributed by atoms with E-state index >= 15 is 0 Å². The van der Waals surface area contributed by atoms with Crippen LogP contribution in [0, 0.1) is 0 Å². The average molecular weight is 332 g/mol. The van der Waals surface area contributed by atoms with Gasteiger partial charge in [0.1, 0.15) is 0 Å². The molecule has 0 aliphatic carbocycles. The first-order valence-corrected chi connectivity index (χ1v) is 7.98. The summed E-state index contributed by atoms with van der Waals surface area (Å²) in [5.74, 6) is 0.0948. The molecule has 1 aliphatic heterocycles. The molecule has 1 heterocycles. The molecule has 0 atom stereocenters. The Hall–Kier alpha value is -0.401. The minimum atomic E-state index is -0.649. The number of benzene rings is 1. The van der Waals surface area contributed by atoms with Gasteiger partial charge in [0.05, 0.1) is 0 Å². The zero-order chi connectivity index (χ0) is 11.1. The molecule has 1 aromatic carbocycles. The van der Waals surface area contributed by atoms with E-state index in [9.17, 15) is 9.59 Å². The van der Waals surface area contributed by atoms with E-state index in [1.165, 1.54) is 8.92 Å². The van der Waals surface area contributed by atoms with Gasteiger partial charge in [-0.3, -0.25) is 0 Å². The third-order valence-corrected chi connectivity index (χ3v) is 10.8. The molecule has 0 aromatic heterocycles. The summed E-state index contributed by atoms with van der Waals surface area (Å²) in [4.78, 5) is 23.4. The summed E-state index contributed by atoms with van der Waals surface area (Å²) >= 11 is -0.0253. The van der Waals surface area contributed by atoms with Gasteiger partial charge in [0.25, 0.3) is 0 Å². The third-order valence-electron chi connectivity index (χ3n) is 2.28. The van der Waals surface area contributed by atoms with Crippen molar-refractivity contribution in [3.05, 3.63) is 24.3 Å². The van der Waals surface area contributed by atoms with Crippen LogP contribution in [0.4, 0.5) is 0 Å². The number of rotatable bonds is 2. The quantitative estimate of drug-likeness (QED) is 0.548. The van der Waals surface area contributed by atoms with Crippen LogP contribution < -0.4 is 8.92 Å². The first-order valence-electron chi connectivity index (χ1n) is 4.55. The topological polar surface area (TPSA) is 34.1 Å². The molecule has 0 spiro atoms. The van der Waals surface area contributed by atoms with Crippen molar-refractivity contribution in [1.82, 2.24) is 0 Å². The van der Waals surface area contributed by atoms with Gasteiger partial charge < -0.3 is 0 Å². The predicted octanol–water partition coefficient (Wildman–Crippen LogP) is -0.347. The molecule has 0 radical (unpaired) electrons. The fourth-order valence-corrected chi connectivity index (χ4v) is 8.72. The molecule has 0 fully saturated rings. The molecule has 0 bridgehead atoms. The van der Waals surface area contributed by atoms with Gasteiger partial charge in [0, 0.05) is 0 Å². The molecular weight excluding hydrogens is 322 g/mol. The van der Waals surface area contributed by atoms with E-state index in [0.29, 0.717) is 0 Å². The standard InChI is InChI=1S/C11H10O2Se2/c1-7(12)11(8(2)13)14-9-5-3-4-6-10(9)15-11/h3-6H,1-2H3. The Morgan fingerprint density at radius 3 is 1.73 bits per heavy atom. The molecule has 78 valence electrons. The molecule has 15 heavy (non-hydrogen) atoms. The van der Waals surface area contributed by atoms with Crippen LogP contribution in [-0.4, -0.2) is 41.5 Å². The maximum atomic E-state index is 11.7. The Kier molecular flexibility index (Phi) is 2.87. The molecule has 2 nitrogen and oxygen atoms in total.